The van der Waals surface area contributed by atoms with Crippen molar-refractivity contribution in [3.8, 4) is 0 Å². The van der Waals surface area contributed by atoms with Crippen molar-refractivity contribution in [3.05, 3.63) is 0 Å². The van der Waals surface area contributed by atoms with E-state index in [1.165, 1.54) is 12.8 Å². The van der Waals surface area contributed by atoms with E-state index < -0.39 is 0 Å². The van der Waals surface area contributed by atoms with Crippen LogP contribution in [0.15, 0.2) is 0 Å². The van der Waals surface area contributed by atoms with Gasteiger partial charge in [-0.05, 0) is 36.5 Å². The summed E-state index contributed by atoms with van der Waals surface area (Å²) >= 11 is 0. The number of rotatable bonds is 6. The molecule has 1 aliphatic heterocycles. The maximum absolute atomic E-state index is 13.2. The van der Waals surface area contributed by atoms with Gasteiger partial charge in [0.2, 0.25) is 5.91 Å². The van der Waals surface area contributed by atoms with E-state index in [1.54, 1.807) is 0 Å². The van der Waals surface area contributed by atoms with Crippen molar-refractivity contribution < 1.29 is 4.79 Å². The first-order valence-corrected chi connectivity index (χ1v) is 9.24. The SMILES string of the molecule is CCCCC1(CCC)CC(CC(C)(C)C)(C(C)(C)C)C(=O)N1. The first-order chi connectivity index (χ1) is 9.91. The van der Waals surface area contributed by atoms with Crippen molar-refractivity contribution in [2.75, 3.05) is 0 Å². The Hall–Kier alpha value is -0.530. The highest BCUT2D eigenvalue weighted by Gasteiger charge is 2.59. The van der Waals surface area contributed by atoms with Crippen LogP contribution < -0.4 is 5.32 Å². The van der Waals surface area contributed by atoms with Crippen LogP contribution in [0.4, 0.5) is 0 Å². The van der Waals surface area contributed by atoms with Gasteiger partial charge in [0.1, 0.15) is 0 Å². The Morgan fingerprint density at radius 2 is 1.59 bits per heavy atom. The molecule has 0 aromatic carbocycles. The Morgan fingerprint density at radius 1 is 1.00 bits per heavy atom. The van der Waals surface area contributed by atoms with Gasteiger partial charge in [0.15, 0.2) is 0 Å². The molecule has 0 bridgehead atoms. The van der Waals surface area contributed by atoms with Gasteiger partial charge in [-0.1, -0.05) is 74.7 Å². The fourth-order valence-corrected chi connectivity index (χ4v) is 4.40. The highest BCUT2D eigenvalue weighted by Crippen LogP contribution is 2.56. The second kappa shape index (κ2) is 6.53. The van der Waals surface area contributed by atoms with Crippen LogP contribution in [0.1, 0.15) is 100 Å². The van der Waals surface area contributed by atoms with Crippen molar-refractivity contribution in [2.45, 2.75) is 106 Å². The van der Waals surface area contributed by atoms with Crippen LogP contribution in [-0.4, -0.2) is 11.4 Å². The predicted molar refractivity (Wildman–Crippen MR) is 95.9 cm³/mol. The molecule has 1 amide bonds. The molecule has 2 nitrogen and oxygen atoms in total. The molecule has 0 spiro atoms. The molecule has 1 fully saturated rings. The molecule has 0 aromatic heterocycles. The molecule has 0 aromatic rings. The van der Waals surface area contributed by atoms with Crippen LogP contribution >= 0.6 is 0 Å². The minimum atomic E-state index is -0.242. The molecule has 1 N–H and O–H groups in total. The largest absolute Gasteiger partial charge is 0.350 e. The highest BCUT2D eigenvalue weighted by atomic mass is 16.2. The fourth-order valence-electron chi connectivity index (χ4n) is 4.40. The summed E-state index contributed by atoms with van der Waals surface area (Å²) in [5.74, 6) is 0.305. The van der Waals surface area contributed by atoms with Gasteiger partial charge >= 0.3 is 0 Å². The van der Waals surface area contributed by atoms with Gasteiger partial charge in [-0.25, -0.2) is 0 Å². The minimum absolute atomic E-state index is 0.00787. The molecule has 1 aliphatic rings. The zero-order valence-corrected chi connectivity index (χ0v) is 16.4. The molecule has 2 heteroatoms. The van der Waals surface area contributed by atoms with Crippen molar-refractivity contribution in [3.63, 3.8) is 0 Å². The van der Waals surface area contributed by atoms with E-state index in [0.29, 0.717) is 5.91 Å². The summed E-state index contributed by atoms with van der Waals surface area (Å²) in [7, 11) is 0. The molecule has 1 rings (SSSR count). The van der Waals surface area contributed by atoms with Crippen LogP contribution in [0.2, 0.25) is 0 Å². The molecule has 0 aliphatic carbocycles. The van der Waals surface area contributed by atoms with E-state index in [-0.39, 0.29) is 21.8 Å². The third-order valence-corrected chi connectivity index (χ3v) is 5.46. The predicted octanol–water partition coefficient (Wildman–Crippen LogP) is 5.70. The van der Waals surface area contributed by atoms with Crippen molar-refractivity contribution >= 4 is 5.91 Å². The number of nitrogens with one attached hydrogen (secondary N) is 1. The Kier molecular flexibility index (Phi) is 5.79. The quantitative estimate of drug-likeness (QED) is 0.669. The van der Waals surface area contributed by atoms with Gasteiger partial charge in [-0.3, -0.25) is 4.79 Å². The van der Waals surface area contributed by atoms with Crippen LogP contribution in [-0.2, 0) is 4.79 Å². The third-order valence-electron chi connectivity index (χ3n) is 5.46. The smallest absolute Gasteiger partial charge is 0.227 e. The van der Waals surface area contributed by atoms with Crippen molar-refractivity contribution in [1.29, 1.82) is 0 Å². The minimum Gasteiger partial charge on any atom is -0.350 e. The summed E-state index contributed by atoms with van der Waals surface area (Å²) in [6.45, 7) is 18.0. The maximum Gasteiger partial charge on any atom is 0.227 e. The summed E-state index contributed by atoms with van der Waals surface area (Å²) < 4.78 is 0. The molecule has 130 valence electrons. The van der Waals surface area contributed by atoms with E-state index in [9.17, 15) is 4.79 Å². The topological polar surface area (TPSA) is 29.1 Å². The summed E-state index contributed by atoms with van der Waals surface area (Å²) in [5, 5.41) is 3.48. The average Bonchev–Trinajstić information content (AvgIpc) is 2.59. The molecule has 1 heterocycles. The first-order valence-electron chi connectivity index (χ1n) is 9.24. The lowest BCUT2D eigenvalue weighted by molar-refractivity contribution is -0.135. The highest BCUT2D eigenvalue weighted by molar-refractivity contribution is 5.87. The fraction of sp³-hybridized carbons (Fsp3) is 0.950. The summed E-state index contributed by atoms with van der Waals surface area (Å²) in [6, 6.07) is 0. The number of hydrogen-bond acceptors (Lipinski definition) is 1. The number of amides is 1. The normalized spacial score (nSPS) is 29.7. The van der Waals surface area contributed by atoms with Gasteiger partial charge in [0.05, 0.1) is 5.41 Å². The van der Waals surface area contributed by atoms with E-state index >= 15 is 0 Å². The lowest BCUT2D eigenvalue weighted by atomic mass is 9.57. The van der Waals surface area contributed by atoms with E-state index in [2.05, 4.69) is 60.7 Å². The van der Waals surface area contributed by atoms with Gasteiger partial charge < -0.3 is 5.32 Å². The Morgan fingerprint density at radius 3 is 2.00 bits per heavy atom. The zero-order valence-electron chi connectivity index (χ0n) is 16.4. The lowest BCUT2D eigenvalue weighted by Crippen LogP contribution is -2.45. The van der Waals surface area contributed by atoms with Gasteiger partial charge in [-0.2, -0.15) is 0 Å². The first kappa shape index (κ1) is 19.5. The van der Waals surface area contributed by atoms with Gasteiger partial charge in [0, 0.05) is 5.54 Å². The molecular formula is C20H39NO. The molecule has 2 unspecified atom stereocenters. The summed E-state index contributed by atoms with van der Waals surface area (Å²) in [4.78, 5) is 13.2. The number of hydrogen-bond donors (Lipinski definition) is 1. The van der Waals surface area contributed by atoms with E-state index in [0.717, 1.165) is 32.1 Å². The molecule has 0 saturated carbocycles. The average molecular weight is 310 g/mol. The summed E-state index contributed by atoms with van der Waals surface area (Å²) in [5.41, 5.74) is -0.0573. The van der Waals surface area contributed by atoms with E-state index in [4.69, 9.17) is 0 Å². The van der Waals surface area contributed by atoms with Crippen molar-refractivity contribution in [1.82, 2.24) is 5.32 Å². The third kappa shape index (κ3) is 4.06. The number of carbonyl (C=O) groups excluding carboxylic acids is 1. The molecule has 2 atom stereocenters. The summed E-state index contributed by atoms with van der Waals surface area (Å²) in [6.07, 6.45) is 7.75. The Balaban J connectivity index is 3.21. The zero-order chi connectivity index (χ0) is 17.2. The van der Waals surface area contributed by atoms with Crippen LogP contribution in [0.25, 0.3) is 0 Å². The number of carbonyl (C=O) groups is 1. The maximum atomic E-state index is 13.2. The Bertz CT molecular complexity index is 387. The second-order valence-electron chi connectivity index (χ2n) is 9.83. The van der Waals surface area contributed by atoms with Gasteiger partial charge in [-0.15, -0.1) is 0 Å². The standard InChI is InChI=1S/C20H39NO/c1-9-11-13-19(12-10-2)15-20(16(22)21-19,18(6,7)8)14-17(3,4)5/h9-15H2,1-8H3,(H,21,22). The van der Waals surface area contributed by atoms with Crippen molar-refractivity contribution in [2.24, 2.45) is 16.2 Å². The molecule has 22 heavy (non-hydrogen) atoms. The van der Waals surface area contributed by atoms with Crippen LogP contribution in [0, 0.1) is 16.2 Å². The lowest BCUT2D eigenvalue weighted by Gasteiger charge is -2.44. The van der Waals surface area contributed by atoms with Crippen LogP contribution in [0.3, 0.4) is 0 Å². The molecule has 1 saturated heterocycles. The van der Waals surface area contributed by atoms with E-state index in [1.807, 2.05) is 0 Å². The van der Waals surface area contributed by atoms with Gasteiger partial charge in [0.25, 0.3) is 0 Å². The monoisotopic (exact) mass is 309 g/mol. The van der Waals surface area contributed by atoms with Crippen LogP contribution in [0.5, 0.6) is 0 Å². The molecule has 0 radical (unpaired) electrons. The second-order valence-corrected chi connectivity index (χ2v) is 9.83. The Labute approximate surface area is 138 Å². The molecular weight excluding hydrogens is 270 g/mol. The number of unbranched alkanes of at least 4 members (excludes halogenated alkanes) is 1.